The minimum Gasteiger partial charge on any atom is -0.492 e. The van der Waals surface area contributed by atoms with Crippen LogP contribution in [0.25, 0.3) is 5.69 Å². The molecule has 1 amide bonds. The quantitative estimate of drug-likeness (QED) is 0.622. The standard InChI is InChI=1S/C22H20FN7O2/c1-32-20-14(11-24)7-8-25-21(20)29-15-5-6-16(29)13-28(12-15)22(31)19-17(23)3-2-4-18(19)30-26-9-10-27-30/h2-4,7-10,15-16H,5-6,12-13H2,1H3. The number of piperazine rings is 1. The van der Waals surface area contributed by atoms with E-state index in [1.54, 1.807) is 23.2 Å². The maximum absolute atomic E-state index is 14.8. The molecule has 0 N–H and O–H groups in total. The summed E-state index contributed by atoms with van der Waals surface area (Å²) < 4.78 is 20.3. The van der Waals surface area contributed by atoms with Gasteiger partial charge >= 0.3 is 0 Å². The number of hydrogen-bond donors (Lipinski definition) is 0. The lowest BCUT2D eigenvalue weighted by Crippen LogP contribution is -2.56. The fraction of sp³-hybridized carbons (Fsp3) is 0.318. The van der Waals surface area contributed by atoms with Crippen molar-refractivity contribution in [2.45, 2.75) is 24.9 Å². The molecule has 2 aliphatic heterocycles. The fourth-order valence-corrected chi connectivity index (χ4v) is 4.71. The Bertz CT molecular complexity index is 1190. The van der Waals surface area contributed by atoms with Crippen molar-refractivity contribution in [3.05, 3.63) is 59.8 Å². The molecule has 0 saturated carbocycles. The summed E-state index contributed by atoms with van der Waals surface area (Å²) in [6.45, 7) is 0.828. The first kappa shape index (κ1) is 19.9. The minimum absolute atomic E-state index is 0.00825. The lowest BCUT2D eigenvalue weighted by Gasteiger charge is -2.42. The Kier molecular flexibility index (Phi) is 4.93. The van der Waals surface area contributed by atoms with Gasteiger partial charge in [-0.3, -0.25) is 4.79 Å². The van der Waals surface area contributed by atoms with Gasteiger partial charge in [-0.1, -0.05) is 6.07 Å². The summed E-state index contributed by atoms with van der Waals surface area (Å²) in [6, 6.07) is 8.17. The van der Waals surface area contributed by atoms with Gasteiger partial charge in [0, 0.05) is 31.4 Å². The SMILES string of the molecule is COc1c(C#N)ccnc1N1C2CCC1CN(C(=O)c1c(F)cccc1-n1nccn1)C2. The van der Waals surface area contributed by atoms with Crippen LogP contribution < -0.4 is 9.64 Å². The molecule has 0 aliphatic carbocycles. The number of aromatic nitrogens is 4. The van der Waals surface area contributed by atoms with Crippen LogP contribution in [0.4, 0.5) is 10.2 Å². The molecule has 0 radical (unpaired) electrons. The van der Waals surface area contributed by atoms with Gasteiger partial charge in [-0.15, -0.1) is 0 Å². The van der Waals surface area contributed by atoms with Gasteiger partial charge in [0.25, 0.3) is 5.91 Å². The number of halogens is 1. The molecule has 2 bridgehead atoms. The van der Waals surface area contributed by atoms with Gasteiger partial charge in [0.2, 0.25) is 0 Å². The third-order valence-electron chi connectivity index (χ3n) is 6.06. The zero-order valence-corrected chi connectivity index (χ0v) is 17.3. The van der Waals surface area contributed by atoms with Crippen LogP contribution in [-0.2, 0) is 0 Å². The second-order valence-electron chi connectivity index (χ2n) is 7.78. The summed E-state index contributed by atoms with van der Waals surface area (Å²) in [4.78, 5) is 23.0. The molecule has 2 unspecified atom stereocenters. The van der Waals surface area contributed by atoms with Crippen LogP contribution in [0, 0.1) is 17.1 Å². The van der Waals surface area contributed by atoms with Gasteiger partial charge in [0.15, 0.2) is 11.6 Å². The number of anilines is 1. The zero-order valence-electron chi connectivity index (χ0n) is 17.3. The van der Waals surface area contributed by atoms with Gasteiger partial charge in [-0.25, -0.2) is 9.37 Å². The molecule has 5 rings (SSSR count). The van der Waals surface area contributed by atoms with E-state index in [-0.39, 0.29) is 17.6 Å². The Balaban J connectivity index is 1.46. The third-order valence-corrected chi connectivity index (χ3v) is 6.06. The Labute approximate surface area is 183 Å². The lowest BCUT2D eigenvalue weighted by atomic mass is 10.1. The molecule has 3 aromatic rings. The van der Waals surface area contributed by atoms with Crippen molar-refractivity contribution in [3.63, 3.8) is 0 Å². The van der Waals surface area contributed by atoms with E-state index >= 15 is 0 Å². The van der Waals surface area contributed by atoms with E-state index in [0.717, 1.165) is 12.8 Å². The van der Waals surface area contributed by atoms with Crippen molar-refractivity contribution >= 4 is 11.7 Å². The number of rotatable bonds is 4. The van der Waals surface area contributed by atoms with E-state index in [2.05, 4.69) is 26.2 Å². The first-order valence-electron chi connectivity index (χ1n) is 10.3. The van der Waals surface area contributed by atoms with E-state index in [4.69, 9.17) is 4.74 Å². The highest BCUT2D eigenvalue weighted by Crippen LogP contribution is 2.40. The second-order valence-corrected chi connectivity index (χ2v) is 7.78. The molecule has 2 atom stereocenters. The van der Waals surface area contributed by atoms with Crippen LogP contribution >= 0.6 is 0 Å². The number of nitriles is 1. The molecule has 10 heteroatoms. The molecular formula is C22H20FN7O2. The molecule has 2 aliphatic rings. The number of carbonyl (C=O) groups excluding carboxylic acids is 1. The number of benzene rings is 1. The number of carbonyl (C=O) groups is 1. The lowest BCUT2D eigenvalue weighted by molar-refractivity contribution is 0.0712. The predicted octanol–water partition coefficient (Wildman–Crippen LogP) is 2.18. The van der Waals surface area contributed by atoms with E-state index in [9.17, 15) is 14.4 Å². The molecular weight excluding hydrogens is 413 g/mol. The summed E-state index contributed by atoms with van der Waals surface area (Å²) in [7, 11) is 1.52. The van der Waals surface area contributed by atoms with Gasteiger partial charge in [0.05, 0.1) is 25.1 Å². The smallest absolute Gasteiger partial charge is 0.259 e. The summed E-state index contributed by atoms with van der Waals surface area (Å²) in [5.74, 6) is 0.0496. The van der Waals surface area contributed by atoms with Crippen LogP contribution in [0.15, 0.2) is 42.9 Å². The molecule has 32 heavy (non-hydrogen) atoms. The number of nitrogens with zero attached hydrogens (tertiary/aromatic N) is 7. The largest absolute Gasteiger partial charge is 0.492 e. The highest BCUT2D eigenvalue weighted by molar-refractivity contribution is 5.98. The topological polar surface area (TPSA) is 100 Å². The van der Waals surface area contributed by atoms with Gasteiger partial charge in [-0.2, -0.15) is 20.3 Å². The Hall–Kier alpha value is -4.00. The van der Waals surface area contributed by atoms with Crippen LogP contribution in [0.2, 0.25) is 0 Å². The van der Waals surface area contributed by atoms with Crippen molar-refractivity contribution < 1.29 is 13.9 Å². The van der Waals surface area contributed by atoms with E-state index in [0.29, 0.717) is 35.9 Å². The summed E-state index contributed by atoms with van der Waals surface area (Å²) in [5.41, 5.74) is 0.677. The Morgan fingerprint density at radius 1 is 1.16 bits per heavy atom. The molecule has 1 aromatic carbocycles. The second kappa shape index (κ2) is 7.92. The molecule has 2 saturated heterocycles. The fourth-order valence-electron chi connectivity index (χ4n) is 4.71. The van der Waals surface area contributed by atoms with E-state index in [1.165, 1.54) is 36.4 Å². The highest BCUT2D eigenvalue weighted by Gasteiger charge is 2.44. The highest BCUT2D eigenvalue weighted by atomic mass is 19.1. The van der Waals surface area contributed by atoms with Crippen molar-refractivity contribution in [2.24, 2.45) is 0 Å². The van der Waals surface area contributed by atoms with Crippen LogP contribution in [-0.4, -0.2) is 63.1 Å². The average molecular weight is 433 g/mol. The zero-order chi connectivity index (χ0) is 22.2. The molecule has 162 valence electrons. The van der Waals surface area contributed by atoms with E-state index < -0.39 is 11.7 Å². The maximum atomic E-state index is 14.8. The number of ether oxygens (including phenoxy) is 1. The van der Waals surface area contributed by atoms with Gasteiger partial charge in [0.1, 0.15) is 23.1 Å². The normalized spacial score (nSPS) is 19.7. The molecule has 2 aromatic heterocycles. The minimum atomic E-state index is -0.607. The van der Waals surface area contributed by atoms with Crippen molar-refractivity contribution in [3.8, 4) is 17.5 Å². The Morgan fingerprint density at radius 2 is 1.88 bits per heavy atom. The van der Waals surface area contributed by atoms with Gasteiger partial charge < -0.3 is 14.5 Å². The number of likely N-dealkylation sites (tertiary alicyclic amines) is 1. The first-order valence-corrected chi connectivity index (χ1v) is 10.3. The van der Waals surface area contributed by atoms with Crippen molar-refractivity contribution in [1.82, 2.24) is 24.9 Å². The molecule has 0 spiro atoms. The number of methoxy groups -OCH3 is 1. The number of amides is 1. The summed E-state index contributed by atoms with van der Waals surface area (Å²) in [5, 5.41) is 17.5. The summed E-state index contributed by atoms with van der Waals surface area (Å²) >= 11 is 0. The predicted molar refractivity (Wildman–Crippen MR) is 112 cm³/mol. The maximum Gasteiger partial charge on any atom is 0.259 e. The average Bonchev–Trinajstić information content (AvgIpc) is 3.44. The van der Waals surface area contributed by atoms with Crippen LogP contribution in [0.3, 0.4) is 0 Å². The van der Waals surface area contributed by atoms with Gasteiger partial charge in [-0.05, 0) is 31.0 Å². The van der Waals surface area contributed by atoms with Crippen LogP contribution in [0.5, 0.6) is 5.75 Å². The number of hydrogen-bond acceptors (Lipinski definition) is 7. The Morgan fingerprint density at radius 3 is 2.53 bits per heavy atom. The van der Waals surface area contributed by atoms with Crippen molar-refractivity contribution in [1.29, 1.82) is 5.26 Å². The number of fused-ring (bicyclic) bond motifs is 2. The number of pyridine rings is 1. The van der Waals surface area contributed by atoms with Crippen molar-refractivity contribution in [2.75, 3.05) is 25.1 Å². The molecule has 9 nitrogen and oxygen atoms in total. The molecule has 4 heterocycles. The third kappa shape index (κ3) is 3.13. The first-order chi connectivity index (χ1) is 15.6. The molecule has 2 fully saturated rings. The summed E-state index contributed by atoms with van der Waals surface area (Å²) in [6.07, 6.45) is 6.28. The van der Waals surface area contributed by atoms with E-state index in [1.807, 2.05) is 0 Å². The monoisotopic (exact) mass is 433 g/mol. The van der Waals surface area contributed by atoms with Crippen LogP contribution in [0.1, 0.15) is 28.8 Å².